The van der Waals surface area contributed by atoms with E-state index in [1.54, 1.807) is 0 Å². The number of hydrogen-bond donors (Lipinski definition) is 1. The number of aliphatic imine (C=N–C) groups is 1. The minimum atomic E-state index is 0.882. The molecule has 0 spiro atoms. The van der Waals surface area contributed by atoms with Gasteiger partial charge in [0.05, 0.1) is 0 Å². The molecule has 1 N–H and O–H groups in total. The highest BCUT2D eigenvalue weighted by molar-refractivity contribution is 8.13. The molecule has 0 saturated carbocycles. The smallest absolute Gasteiger partial charge is 0.156 e. The molecule has 0 aromatic heterocycles. The van der Waals surface area contributed by atoms with Gasteiger partial charge in [0.15, 0.2) is 5.17 Å². The molecule has 0 aliphatic heterocycles. The van der Waals surface area contributed by atoms with Crippen molar-refractivity contribution in [1.82, 2.24) is 5.32 Å². The maximum absolute atomic E-state index is 4.45. The third kappa shape index (κ3) is 12.3. The summed E-state index contributed by atoms with van der Waals surface area (Å²) in [6, 6.07) is 0. The second kappa shape index (κ2) is 14.9. The van der Waals surface area contributed by atoms with Crippen LogP contribution in [0.4, 0.5) is 0 Å². The molecule has 3 heteroatoms. The summed E-state index contributed by atoms with van der Waals surface area (Å²) in [6.45, 7) is 8.35. The number of amidine groups is 1. The van der Waals surface area contributed by atoms with Crippen LogP contribution in [0.1, 0.15) is 72.1 Å². The molecule has 108 valence electrons. The highest BCUT2D eigenvalue weighted by Gasteiger charge is 1.98. The van der Waals surface area contributed by atoms with Crippen molar-refractivity contribution in [3.8, 4) is 0 Å². The Hall–Kier alpha value is -0.180. The molecule has 0 aliphatic rings. The second-order valence-electron chi connectivity index (χ2n) is 4.63. The molecule has 18 heavy (non-hydrogen) atoms. The van der Waals surface area contributed by atoms with E-state index in [0.29, 0.717) is 0 Å². The van der Waals surface area contributed by atoms with Gasteiger partial charge in [-0.15, -0.1) is 0 Å². The molecule has 0 bridgehead atoms. The van der Waals surface area contributed by atoms with Gasteiger partial charge in [-0.05, 0) is 20.3 Å². The van der Waals surface area contributed by atoms with Crippen LogP contribution in [0.3, 0.4) is 0 Å². The lowest BCUT2D eigenvalue weighted by Gasteiger charge is -2.07. The number of nitrogens with zero attached hydrogens (tertiary/aromatic N) is 1. The van der Waals surface area contributed by atoms with E-state index in [4.69, 9.17) is 0 Å². The minimum Gasteiger partial charge on any atom is -0.365 e. The van der Waals surface area contributed by atoms with Gasteiger partial charge in [0.25, 0.3) is 0 Å². The van der Waals surface area contributed by atoms with Gasteiger partial charge in [0.1, 0.15) is 0 Å². The Bertz CT molecular complexity index is 193. The molecule has 0 aromatic rings. The maximum Gasteiger partial charge on any atom is 0.156 e. The van der Waals surface area contributed by atoms with Gasteiger partial charge >= 0.3 is 0 Å². The summed E-state index contributed by atoms with van der Waals surface area (Å²) < 4.78 is 0. The van der Waals surface area contributed by atoms with Crippen molar-refractivity contribution in [2.24, 2.45) is 4.99 Å². The predicted octanol–water partition coefficient (Wildman–Crippen LogP) is 4.85. The van der Waals surface area contributed by atoms with Crippen molar-refractivity contribution in [1.29, 1.82) is 0 Å². The van der Waals surface area contributed by atoms with Crippen LogP contribution < -0.4 is 5.32 Å². The molecule has 0 saturated heterocycles. The maximum atomic E-state index is 4.45. The van der Waals surface area contributed by atoms with Gasteiger partial charge in [-0.1, -0.05) is 63.6 Å². The normalized spacial score (nSPS) is 11.8. The monoisotopic (exact) mass is 272 g/mol. The standard InChI is InChI=1S/C15H32N2S/c1-4-7-8-9-10-11-12-13-14-18-15(16-5-2)17-6-3/h4-14H2,1-3H3,(H,16,17). The van der Waals surface area contributed by atoms with Gasteiger partial charge in [-0.25, -0.2) is 0 Å². The van der Waals surface area contributed by atoms with Crippen LogP contribution in [0.2, 0.25) is 0 Å². The zero-order valence-electron chi connectivity index (χ0n) is 12.6. The summed E-state index contributed by atoms with van der Waals surface area (Å²) in [5.41, 5.74) is 0. The Morgan fingerprint density at radius 1 is 0.889 bits per heavy atom. The first-order chi connectivity index (χ1) is 8.85. The van der Waals surface area contributed by atoms with Gasteiger partial charge in [0.2, 0.25) is 0 Å². The molecule has 0 atom stereocenters. The molecule has 0 amide bonds. The molecule has 0 aromatic carbocycles. The lowest BCUT2D eigenvalue weighted by molar-refractivity contribution is 0.586. The van der Waals surface area contributed by atoms with Gasteiger partial charge in [0, 0.05) is 18.8 Å². The third-order valence-electron chi connectivity index (χ3n) is 2.87. The summed E-state index contributed by atoms with van der Waals surface area (Å²) in [5.74, 6) is 1.21. The highest BCUT2D eigenvalue weighted by atomic mass is 32.2. The fourth-order valence-electron chi connectivity index (χ4n) is 1.85. The van der Waals surface area contributed by atoms with Gasteiger partial charge < -0.3 is 5.32 Å². The summed E-state index contributed by atoms with van der Waals surface area (Å²) in [7, 11) is 0. The fourth-order valence-corrected chi connectivity index (χ4v) is 2.86. The summed E-state index contributed by atoms with van der Waals surface area (Å²) in [5, 5.41) is 4.45. The molecule has 0 heterocycles. The molecule has 0 aliphatic carbocycles. The van der Waals surface area contributed by atoms with Crippen molar-refractivity contribution in [3.63, 3.8) is 0 Å². The number of nitrogens with one attached hydrogen (secondary N) is 1. The van der Waals surface area contributed by atoms with Crippen molar-refractivity contribution < 1.29 is 0 Å². The van der Waals surface area contributed by atoms with E-state index in [0.717, 1.165) is 18.3 Å². The molecule has 2 nitrogen and oxygen atoms in total. The van der Waals surface area contributed by atoms with Crippen LogP contribution in [-0.4, -0.2) is 24.0 Å². The van der Waals surface area contributed by atoms with E-state index in [1.807, 2.05) is 11.8 Å². The fraction of sp³-hybridized carbons (Fsp3) is 0.933. The SMILES string of the molecule is CCCCCCCCCCSC(=NCC)NCC. The molecule has 0 fully saturated rings. The van der Waals surface area contributed by atoms with Gasteiger partial charge in [-0.2, -0.15) is 0 Å². The average molecular weight is 273 g/mol. The number of hydrogen-bond acceptors (Lipinski definition) is 2. The third-order valence-corrected chi connectivity index (χ3v) is 3.91. The van der Waals surface area contributed by atoms with E-state index >= 15 is 0 Å². The van der Waals surface area contributed by atoms with Crippen LogP contribution in [0, 0.1) is 0 Å². The second-order valence-corrected chi connectivity index (χ2v) is 5.72. The Balaban J connectivity index is 3.30. The Morgan fingerprint density at radius 3 is 2.06 bits per heavy atom. The van der Waals surface area contributed by atoms with Crippen LogP contribution in [0.15, 0.2) is 4.99 Å². The van der Waals surface area contributed by atoms with Crippen molar-refractivity contribution in [2.75, 3.05) is 18.8 Å². The minimum absolute atomic E-state index is 0.882. The Kier molecular flexibility index (Phi) is 14.7. The van der Waals surface area contributed by atoms with Crippen LogP contribution in [0.5, 0.6) is 0 Å². The van der Waals surface area contributed by atoms with E-state index in [-0.39, 0.29) is 0 Å². The zero-order valence-corrected chi connectivity index (χ0v) is 13.5. The van der Waals surface area contributed by atoms with E-state index < -0.39 is 0 Å². The number of thioether (sulfide) groups is 1. The summed E-state index contributed by atoms with van der Waals surface area (Å²) in [4.78, 5) is 4.45. The molecule has 0 rings (SSSR count). The van der Waals surface area contributed by atoms with Crippen molar-refractivity contribution >= 4 is 16.9 Å². The van der Waals surface area contributed by atoms with Crippen molar-refractivity contribution in [3.05, 3.63) is 0 Å². The predicted molar refractivity (Wildman–Crippen MR) is 86.7 cm³/mol. The van der Waals surface area contributed by atoms with E-state index in [2.05, 4.69) is 31.1 Å². The lowest BCUT2D eigenvalue weighted by atomic mass is 10.1. The lowest BCUT2D eigenvalue weighted by Crippen LogP contribution is -2.20. The molecule has 0 radical (unpaired) electrons. The van der Waals surface area contributed by atoms with Crippen molar-refractivity contribution in [2.45, 2.75) is 72.1 Å². The van der Waals surface area contributed by atoms with Crippen LogP contribution in [0.25, 0.3) is 0 Å². The molecular weight excluding hydrogens is 240 g/mol. The first-order valence-electron chi connectivity index (χ1n) is 7.76. The topological polar surface area (TPSA) is 24.4 Å². The average Bonchev–Trinajstić information content (AvgIpc) is 2.37. The van der Waals surface area contributed by atoms with Crippen LogP contribution >= 0.6 is 11.8 Å². The largest absolute Gasteiger partial charge is 0.365 e. The Labute approximate surface area is 118 Å². The summed E-state index contributed by atoms with van der Waals surface area (Å²) >= 11 is 1.88. The molecule has 0 unspecified atom stereocenters. The summed E-state index contributed by atoms with van der Waals surface area (Å²) in [6.07, 6.45) is 11.2. The number of rotatable bonds is 11. The highest BCUT2D eigenvalue weighted by Crippen LogP contribution is 2.11. The molecular formula is C15H32N2S. The first-order valence-corrected chi connectivity index (χ1v) is 8.74. The van der Waals surface area contributed by atoms with E-state index in [9.17, 15) is 0 Å². The van der Waals surface area contributed by atoms with Crippen LogP contribution in [-0.2, 0) is 0 Å². The first kappa shape index (κ1) is 17.8. The zero-order chi connectivity index (χ0) is 13.5. The van der Waals surface area contributed by atoms with E-state index in [1.165, 1.54) is 57.1 Å². The quantitative estimate of drug-likeness (QED) is 0.330. The number of unbranched alkanes of at least 4 members (excludes halogenated alkanes) is 7. The Morgan fingerprint density at radius 2 is 1.50 bits per heavy atom. The van der Waals surface area contributed by atoms with Gasteiger partial charge in [-0.3, -0.25) is 4.99 Å².